The van der Waals surface area contributed by atoms with Gasteiger partial charge < -0.3 is 9.84 Å². The normalized spacial score (nSPS) is 12.5. The van der Waals surface area contributed by atoms with Crippen molar-refractivity contribution < 1.29 is 19.4 Å². The average molecular weight is 242 g/mol. The van der Waals surface area contributed by atoms with Crippen molar-refractivity contribution in [3.8, 4) is 0 Å². The van der Waals surface area contributed by atoms with E-state index in [9.17, 15) is 9.59 Å². The lowest BCUT2D eigenvalue weighted by Gasteiger charge is -2.18. The molecule has 0 aromatic carbocycles. The van der Waals surface area contributed by atoms with Crippen molar-refractivity contribution in [1.82, 2.24) is 0 Å². The number of carbonyl (C=O) groups is 2. The first kappa shape index (κ1) is 15.3. The lowest BCUT2D eigenvalue weighted by atomic mass is 10.1. The minimum Gasteiger partial charge on any atom is -0.479 e. The highest BCUT2D eigenvalue weighted by Gasteiger charge is 2.32. The molecule has 0 atom stereocenters. The monoisotopic (exact) mass is 242 g/mol. The van der Waals surface area contributed by atoms with Crippen LogP contribution < -0.4 is 0 Å². The average Bonchev–Trinajstić information content (AvgIpc) is 2.23. The Labute approximate surface area is 100 Å². The minimum absolute atomic E-state index is 0.0834. The molecular formula is C11H18N2O4. The fourth-order valence-corrected chi connectivity index (χ4v) is 0.645. The minimum atomic E-state index is -1.37. The maximum atomic E-state index is 11.5. The van der Waals surface area contributed by atoms with E-state index in [0.29, 0.717) is 0 Å². The van der Waals surface area contributed by atoms with Gasteiger partial charge in [0.2, 0.25) is 0 Å². The van der Waals surface area contributed by atoms with Crippen molar-refractivity contribution in [2.24, 2.45) is 10.2 Å². The fraction of sp³-hybridized carbons (Fsp3) is 0.636. The fourth-order valence-electron chi connectivity index (χ4n) is 0.645. The van der Waals surface area contributed by atoms with Gasteiger partial charge in [-0.3, -0.25) is 0 Å². The second-order valence-corrected chi connectivity index (χ2v) is 4.51. The van der Waals surface area contributed by atoms with Crippen LogP contribution in [0.2, 0.25) is 0 Å². The van der Waals surface area contributed by atoms with Crippen molar-refractivity contribution in [3.05, 3.63) is 12.7 Å². The molecule has 96 valence electrons. The zero-order valence-electron chi connectivity index (χ0n) is 10.6. The predicted molar refractivity (Wildman–Crippen MR) is 61.8 cm³/mol. The van der Waals surface area contributed by atoms with Crippen molar-refractivity contribution in [3.63, 3.8) is 0 Å². The van der Waals surface area contributed by atoms with Crippen LogP contribution in [0.15, 0.2) is 22.9 Å². The van der Waals surface area contributed by atoms with E-state index in [4.69, 9.17) is 9.84 Å². The Morgan fingerprint density at radius 2 is 1.71 bits per heavy atom. The number of hydrogen-bond acceptors (Lipinski definition) is 5. The van der Waals surface area contributed by atoms with Gasteiger partial charge in [-0.05, 0) is 27.7 Å². The van der Waals surface area contributed by atoms with Gasteiger partial charge in [-0.1, -0.05) is 12.7 Å². The highest BCUT2D eigenvalue weighted by atomic mass is 16.5. The number of carboxylic acids is 1. The molecular weight excluding hydrogens is 224 g/mol. The Morgan fingerprint density at radius 1 is 1.24 bits per heavy atom. The first-order valence-electron chi connectivity index (χ1n) is 5.09. The van der Waals surface area contributed by atoms with Crippen LogP contribution in [-0.2, 0) is 14.3 Å². The van der Waals surface area contributed by atoms with Crippen molar-refractivity contribution in [2.75, 3.05) is 6.61 Å². The molecule has 0 amide bonds. The maximum Gasteiger partial charge on any atom is 0.335 e. The van der Waals surface area contributed by atoms with Crippen molar-refractivity contribution >= 4 is 11.9 Å². The Morgan fingerprint density at radius 3 is 2.12 bits per heavy atom. The van der Waals surface area contributed by atoms with Gasteiger partial charge in [0, 0.05) is 0 Å². The molecule has 0 saturated carbocycles. The Bertz CT molecular complexity index is 345. The van der Waals surface area contributed by atoms with E-state index in [0.717, 1.165) is 0 Å². The summed E-state index contributed by atoms with van der Waals surface area (Å²) in [6.45, 7) is 9.28. The van der Waals surface area contributed by atoms with Crippen LogP contribution in [-0.4, -0.2) is 34.7 Å². The lowest BCUT2D eigenvalue weighted by Crippen LogP contribution is -2.34. The van der Waals surface area contributed by atoms with Gasteiger partial charge in [-0.25, -0.2) is 9.59 Å². The molecule has 0 aliphatic rings. The van der Waals surface area contributed by atoms with Gasteiger partial charge in [0.25, 0.3) is 0 Å². The molecule has 0 aromatic rings. The van der Waals surface area contributed by atoms with E-state index in [1.54, 1.807) is 0 Å². The van der Waals surface area contributed by atoms with Crippen LogP contribution in [0.3, 0.4) is 0 Å². The summed E-state index contributed by atoms with van der Waals surface area (Å²) in [7, 11) is 0. The zero-order chi connectivity index (χ0) is 13.7. The van der Waals surface area contributed by atoms with E-state index >= 15 is 0 Å². The van der Waals surface area contributed by atoms with Crippen molar-refractivity contribution in [1.29, 1.82) is 0 Å². The number of nitrogens with zero attached hydrogens (tertiary/aromatic N) is 2. The number of hydrogen-bond donors (Lipinski definition) is 1. The number of aliphatic carboxylic acids is 1. The highest BCUT2D eigenvalue weighted by molar-refractivity contribution is 5.80. The summed E-state index contributed by atoms with van der Waals surface area (Å²) in [5, 5.41) is 16.2. The van der Waals surface area contributed by atoms with Crippen LogP contribution in [0.25, 0.3) is 0 Å². The Balaban J connectivity index is 4.74. The van der Waals surface area contributed by atoms with E-state index in [1.165, 1.54) is 33.8 Å². The van der Waals surface area contributed by atoms with E-state index < -0.39 is 23.0 Å². The van der Waals surface area contributed by atoms with Crippen LogP contribution in [0.4, 0.5) is 0 Å². The van der Waals surface area contributed by atoms with Crippen LogP contribution in [0.1, 0.15) is 27.7 Å². The molecule has 0 radical (unpaired) electrons. The van der Waals surface area contributed by atoms with Gasteiger partial charge in [-0.15, -0.1) is 0 Å². The lowest BCUT2D eigenvalue weighted by molar-refractivity contribution is -0.148. The molecule has 0 aliphatic carbocycles. The highest BCUT2D eigenvalue weighted by Crippen LogP contribution is 2.17. The number of ether oxygens (including phenoxy) is 1. The molecule has 0 aromatic heterocycles. The topological polar surface area (TPSA) is 88.3 Å². The molecule has 17 heavy (non-hydrogen) atoms. The maximum absolute atomic E-state index is 11.5. The third kappa shape index (κ3) is 4.76. The second-order valence-electron chi connectivity index (χ2n) is 4.51. The molecule has 0 fully saturated rings. The number of carbonyl (C=O) groups excluding carboxylic acids is 1. The summed E-state index contributed by atoms with van der Waals surface area (Å²) in [5.41, 5.74) is -2.58. The standard InChI is InChI=1S/C11H18N2O4/c1-6-7-17-9(16)11(4,5)13-12-10(2,3)8(14)15/h6H,1,7H2,2-5H3,(H,14,15)/b13-12+. The van der Waals surface area contributed by atoms with E-state index in [2.05, 4.69) is 16.8 Å². The summed E-state index contributed by atoms with van der Waals surface area (Å²) < 4.78 is 4.82. The van der Waals surface area contributed by atoms with Crippen LogP contribution in [0, 0.1) is 0 Å². The third-order valence-electron chi connectivity index (χ3n) is 1.91. The summed E-state index contributed by atoms with van der Waals surface area (Å²) >= 11 is 0. The van der Waals surface area contributed by atoms with Gasteiger partial charge in [0.1, 0.15) is 6.61 Å². The van der Waals surface area contributed by atoms with Gasteiger partial charge in [-0.2, -0.15) is 10.2 Å². The molecule has 0 unspecified atom stereocenters. The summed E-state index contributed by atoms with van der Waals surface area (Å²) in [6, 6.07) is 0. The summed E-state index contributed by atoms with van der Waals surface area (Å²) in [4.78, 5) is 22.3. The number of azo groups is 1. The summed E-state index contributed by atoms with van der Waals surface area (Å²) in [5.74, 6) is -1.70. The van der Waals surface area contributed by atoms with Crippen LogP contribution >= 0.6 is 0 Å². The van der Waals surface area contributed by atoms with E-state index in [1.807, 2.05) is 0 Å². The number of rotatable bonds is 6. The van der Waals surface area contributed by atoms with E-state index in [-0.39, 0.29) is 6.61 Å². The molecule has 0 rings (SSSR count). The van der Waals surface area contributed by atoms with Crippen LogP contribution in [0.5, 0.6) is 0 Å². The largest absolute Gasteiger partial charge is 0.479 e. The smallest absolute Gasteiger partial charge is 0.335 e. The molecule has 0 saturated heterocycles. The summed E-state index contributed by atoms with van der Waals surface area (Å²) in [6.07, 6.45) is 1.44. The Kier molecular flexibility index (Phi) is 5.00. The van der Waals surface area contributed by atoms with Gasteiger partial charge >= 0.3 is 11.9 Å². The molecule has 6 nitrogen and oxygen atoms in total. The molecule has 0 spiro atoms. The number of esters is 1. The predicted octanol–water partition coefficient (Wildman–Crippen LogP) is 1.81. The molecule has 1 N–H and O–H groups in total. The molecule has 0 aliphatic heterocycles. The first-order valence-corrected chi connectivity index (χ1v) is 5.09. The quantitative estimate of drug-likeness (QED) is 0.437. The molecule has 0 heterocycles. The second kappa shape index (κ2) is 5.56. The first-order chi connectivity index (χ1) is 7.63. The zero-order valence-corrected chi connectivity index (χ0v) is 10.6. The molecule has 0 bridgehead atoms. The third-order valence-corrected chi connectivity index (χ3v) is 1.91. The number of carboxylic acid groups (broad SMARTS) is 1. The molecule has 6 heteroatoms. The van der Waals surface area contributed by atoms with Gasteiger partial charge in [0.15, 0.2) is 11.1 Å². The van der Waals surface area contributed by atoms with Crippen molar-refractivity contribution in [2.45, 2.75) is 38.8 Å². The van der Waals surface area contributed by atoms with Gasteiger partial charge in [0.05, 0.1) is 0 Å². The SMILES string of the molecule is C=CCOC(=O)C(C)(C)/N=N/C(C)(C)C(=O)O. The Hall–Kier alpha value is -1.72.